The second kappa shape index (κ2) is 6.48. The van der Waals surface area contributed by atoms with Crippen LogP contribution in [0.5, 0.6) is 11.5 Å². The largest absolute Gasteiger partial charge is 0.504 e. The number of benzene rings is 1. The van der Waals surface area contributed by atoms with E-state index in [9.17, 15) is 37.2 Å². The molecule has 0 fully saturated rings. The van der Waals surface area contributed by atoms with Gasteiger partial charge >= 0.3 is 12.1 Å². The predicted octanol–water partition coefficient (Wildman–Crippen LogP) is 2.93. The van der Waals surface area contributed by atoms with E-state index in [0.717, 1.165) is 7.11 Å². The van der Waals surface area contributed by atoms with E-state index in [-0.39, 0.29) is 12.4 Å². The third kappa shape index (κ3) is 3.47. The van der Waals surface area contributed by atoms with Crippen molar-refractivity contribution in [2.75, 3.05) is 7.11 Å². The van der Waals surface area contributed by atoms with Crippen LogP contribution in [0.4, 0.5) is 27.6 Å². The Hall–Kier alpha value is -1.88. The van der Waals surface area contributed by atoms with Crippen molar-refractivity contribution in [1.82, 2.24) is 0 Å². The summed E-state index contributed by atoms with van der Waals surface area (Å²) in [6.07, 6.45) is -5.99. The molecule has 0 amide bonds. The number of phenols is 1. The number of hydrogen-bond donors (Lipinski definition) is 2. The smallest absolute Gasteiger partial charge is 0.455 e. The fourth-order valence-corrected chi connectivity index (χ4v) is 1.48. The molecular formula is C10H10ClF5N2O4. The summed E-state index contributed by atoms with van der Waals surface area (Å²) in [5.74, 6) is -7.17. The lowest BCUT2D eigenvalue weighted by Gasteiger charge is -2.26. The molecule has 12 heteroatoms. The number of nitro groups is 1. The molecule has 6 nitrogen and oxygen atoms in total. The Morgan fingerprint density at radius 3 is 2.18 bits per heavy atom. The van der Waals surface area contributed by atoms with Crippen LogP contribution in [0.1, 0.15) is 11.6 Å². The minimum absolute atomic E-state index is 0. The van der Waals surface area contributed by atoms with Crippen LogP contribution in [-0.2, 0) is 0 Å². The van der Waals surface area contributed by atoms with Crippen molar-refractivity contribution in [3.63, 3.8) is 0 Å². The molecule has 0 aliphatic carbocycles. The Balaban J connectivity index is 0.00000441. The van der Waals surface area contributed by atoms with E-state index in [1.807, 2.05) is 0 Å². The molecule has 22 heavy (non-hydrogen) atoms. The summed E-state index contributed by atoms with van der Waals surface area (Å²) in [5, 5.41) is 20.2. The molecule has 0 spiro atoms. The van der Waals surface area contributed by atoms with Gasteiger partial charge < -0.3 is 15.6 Å². The standard InChI is InChI=1S/C10H9F5N2O4.ClH/c1-21-6-3-4(17(19)20)2-5(7(6)18)8(16)9(11,12)10(13,14)15;/h2-3,8,18H,16H2,1H3;1H/t8-;/m0./s1. The SMILES string of the molecule is COc1cc([N+](=O)[O-])cc([C@H](N)C(F)(F)C(F)(F)F)c1O.Cl. The van der Waals surface area contributed by atoms with Crippen LogP contribution in [-0.4, -0.2) is 29.2 Å². The van der Waals surface area contributed by atoms with Crippen molar-refractivity contribution in [2.24, 2.45) is 5.73 Å². The Labute approximate surface area is 126 Å². The van der Waals surface area contributed by atoms with Crippen LogP contribution in [0.3, 0.4) is 0 Å². The third-order valence-corrected chi connectivity index (χ3v) is 2.62. The first-order valence-corrected chi connectivity index (χ1v) is 5.19. The topological polar surface area (TPSA) is 98.6 Å². The lowest BCUT2D eigenvalue weighted by atomic mass is 9.99. The third-order valence-electron chi connectivity index (χ3n) is 2.62. The van der Waals surface area contributed by atoms with Gasteiger partial charge in [-0.25, -0.2) is 0 Å². The van der Waals surface area contributed by atoms with Crippen molar-refractivity contribution >= 4 is 18.1 Å². The highest BCUT2D eigenvalue weighted by Gasteiger charge is 2.62. The zero-order chi connectivity index (χ0) is 16.6. The number of alkyl halides is 5. The van der Waals surface area contributed by atoms with Crippen molar-refractivity contribution < 1.29 is 36.7 Å². The van der Waals surface area contributed by atoms with Crippen LogP contribution in [0.2, 0.25) is 0 Å². The molecular weight excluding hydrogens is 343 g/mol. The van der Waals surface area contributed by atoms with Gasteiger partial charge in [0.05, 0.1) is 18.1 Å². The van der Waals surface area contributed by atoms with Crippen LogP contribution in [0, 0.1) is 10.1 Å². The Morgan fingerprint density at radius 1 is 1.32 bits per heavy atom. The normalized spacial score (nSPS) is 13.2. The number of nitrogens with zero attached hydrogens (tertiary/aromatic N) is 1. The number of methoxy groups -OCH3 is 1. The summed E-state index contributed by atoms with van der Waals surface area (Å²) in [6.45, 7) is 0. The lowest BCUT2D eigenvalue weighted by Crippen LogP contribution is -2.45. The molecule has 1 aromatic carbocycles. The fourth-order valence-electron chi connectivity index (χ4n) is 1.48. The van der Waals surface area contributed by atoms with Crippen LogP contribution < -0.4 is 10.5 Å². The molecule has 0 saturated carbocycles. The Morgan fingerprint density at radius 2 is 1.82 bits per heavy atom. The van der Waals surface area contributed by atoms with Crippen molar-refractivity contribution in [1.29, 1.82) is 0 Å². The monoisotopic (exact) mass is 352 g/mol. The minimum Gasteiger partial charge on any atom is -0.504 e. The van der Waals surface area contributed by atoms with E-state index in [2.05, 4.69) is 4.74 Å². The maximum Gasteiger partial charge on any atom is 0.455 e. The average molecular weight is 353 g/mol. The molecule has 1 aromatic rings. The summed E-state index contributed by atoms with van der Waals surface area (Å²) in [4.78, 5) is 9.57. The fraction of sp³-hybridized carbons (Fsp3) is 0.400. The van der Waals surface area contributed by atoms with Gasteiger partial charge in [0.15, 0.2) is 11.5 Å². The van der Waals surface area contributed by atoms with Crippen molar-refractivity contribution in [2.45, 2.75) is 18.1 Å². The first-order valence-electron chi connectivity index (χ1n) is 5.19. The van der Waals surface area contributed by atoms with Crippen LogP contribution in [0.15, 0.2) is 12.1 Å². The van der Waals surface area contributed by atoms with Gasteiger partial charge in [-0.05, 0) is 0 Å². The molecule has 3 N–H and O–H groups in total. The van der Waals surface area contributed by atoms with E-state index in [4.69, 9.17) is 5.73 Å². The molecule has 1 rings (SSSR count). The molecule has 0 heterocycles. The van der Waals surface area contributed by atoms with Gasteiger partial charge in [-0.1, -0.05) is 0 Å². The molecule has 0 unspecified atom stereocenters. The Kier molecular flexibility index (Phi) is 5.93. The van der Waals surface area contributed by atoms with E-state index >= 15 is 0 Å². The number of rotatable bonds is 4. The maximum atomic E-state index is 13.2. The second-order valence-corrected chi connectivity index (χ2v) is 3.94. The van der Waals surface area contributed by atoms with Crippen molar-refractivity contribution in [3.8, 4) is 11.5 Å². The number of hydrogen-bond acceptors (Lipinski definition) is 5. The number of non-ortho nitro benzene ring substituents is 1. The molecule has 0 aliphatic heterocycles. The number of phenolic OH excluding ortho intramolecular Hbond substituents is 1. The maximum absolute atomic E-state index is 13.2. The summed E-state index contributed by atoms with van der Waals surface area (Å²) >= 11 is 0. The summed E-state index contributed by atoms with van der Waals surface area (Å²) in [5.41, 5.74) is 2.84. The van der Waals surface area contributed by atoms with E-state index in [0.29, 0.717) is 12.1 Å². The molecule has 126 valence electrons. The molecule has 0 radical (unpaired) electrons. The van der Waals surface area contributed by atoms with Gasteiger partial charge in [0.1, 0.15) is 6.04 Å². The number of ether oxygens (including phenoxy) is 1. The van der Waals surface area contributed by atoms with Gasteiger partial charge in [0.2, 0.25) is 0 Å². The number of halogens is 6. The van der Waals surface area contributed by atoms with E-state index in [1.165, 1.54) is 0 Å². The minimum atomic E-state index is -5.99. The summed E-state index contributed by atoms with van der Waals surface area (Å²) in [6, 6.07) is -2.04. The van der Waals surface area contributed by atoms with Crippen LogP contribution >= 0.6 is 12.4 Å². The van der Waals surface area contributed by atoms with Gasteiger partial charge in [0, 0.05) is 11.6 Å². The van der Waals surface area contributed by atoms with Gasteiger partial charge in [-0.2, -0.15) is 22.0 Å². The Bertz CT molecular complexity index is 567. The summed E-state index contributed by atoms with van der Waals surface area (Å²) < 4.78 is 67.7. The quantitative estimate of drug-likeness (QED) is 0.493. The van der Waals surface area contributed by atoms with Gasteiger partial charge in [-0.3, -0.25) is 10.1 Å². The van der Waals surface area contributed by atoms with Crippen molar-refractivity contribution in [3.05, 3.63) is 27.8 Å². The first-order chi connectivity index (χ1) is 9.43. The van der Waals surface area contributed by atoms with E-state index in [1.54, 1.807) is 0 Å². The molecule has 0 aliphatic rings. The number of nitro benzene ring substituents is 1. The highest BCUT2D eigenvalue weighted by atomic mass is 35.5. The molecule has 0 bridgehead atoms. The summed E-state index contributed by atoms with van der Waals surface area (Å²) in [7, 11) is 0.940. The van der Waals surface area contributed by atoms with Gasteiger partial charge in [-0.15, -0.1) is 12.4 Å². The second-order valence-electron chi connectivity index (χ2n) is 3.94. The first kappa shape index (κ1) is 20.1. The zero-order valence-electron chi connectivity index (χ0n) is 10.7. The molecule has 0 aromatic heterocycles. The lowest BCUT2D eigenvalue weighted by molar-refractivity contribution is -0.385. The van der Waals surface area contributed by atoms with E-state index < -0.39 is 45.8 Å². The predicted molar refractivity (Wildman–Crippen MR) is 66.5 cm³/mol. The number of nitrogens with two attached hydrogens (primary N) is 1. The highest BCUT2D eigenvalue weighted by Crippen LogP contribution is 2.47. The number of aromatic hydroxyl groups is 1. The van der Waals surface area contributed by atoms with Crippen LogP contribution in [0.25, 0.3) is 0 Å². The molecule has 1 atom stereocenters. The zero-order valence-corrected chi connectivity index (χ0v) is 11.5. The molecule has 0 saturated heterocycles. The van der Waals surface area contributed by atoms with Gasteiger partial charge in [0.25, 0.3) is 5.69 Å². The average Bonchev–Trinajstić information content (AvgIpc) is 2.36. The highest BCUT2D eigenvalue weighted by molar-refractivity contribution is 5.85.